The van der Waals surface area contributed by atoms with E-state index in [1.165, 1.54) is 7.11 Å². The highest BCUT2D eigenvalue weighted by atomic mass is 16.5. The molecule has 1 aromatic carbocycles. The number of ether oxygens (including phenoxy) is 1. The fraction of sp³-hybridized carbons (Fsp3) is 0.478. The lowest BCUT2D eigenvalue weighted by Gasteiger charge is -2.32. The number of para-hydroxylation sites is 1. The number of aromatic nitrogens is 2. The Morgan fingerprint density at radius 2 is 1.94 bits per heavy atom. The molecule has 0 saturated carbocycles. The number of nitrogens with one attached hydrogen (secondary N) is 1. The van der Waals surface area contributed by atoms with E-state index in [4.69, 9.17) is 4.74 Å². The van der Waals surface area contributed by atoms with Crippen LogP contribution in [0.25, 0.3) is 0 Å². The van der Waals surface area contributed by atoms with Gasteiger partial charge >= 0.3 is 0 Å². The van der Waals surface area contributed by atoms with Crippen LogP contribution in [0.3, 0.4) is 0 Å². The van der Waals surface area contributed by atoms with Crippen molar-refractivity contribution in [3.8, 4) is 0 Å². The molecule has 1 N–H and O–H groups in total. The largest absolute Gasteiger partial charge is 0.375 e. The minimum absolute atomic E-state index is 0.0171. The van der Waals surface area contributed by atoms with Crippen molar-refractivity contribution in [2.75, 3.05) is 38.7 Å². The number of piperidine rings is 1. The second kappa shape index (κ2) is 9.52. The molecule has 0 spiro atoms. The Labute approximate surface area is 187 Å². The van der Waals surface area contributed by atoms with Gasteiger partial charge in [-0.05, 0) is 25.0 Å². The Bertz CT molecular complexity index is 1000. The fourth-order valence-electron chi connectivity index (χ4n) is 4.48. The Morgan fingerprint density at radius 3 is 2.69 bits per heavy atom. The van der Waals surface area contributed by atoms with Gasteiger partial charge in [-0.15, -0.1) is 0 Å². The number of aryl methyl sites for hydroxylation is 1. The van der Waals surface area contributed by atoms with Crippen LogP contribution in [0.4, 0.5) is 5.69 Å². The lowest BCUT2D eigenvalue weighted by Crippen LogP contribution is -2.44. The van der Waals surface area contributed by atoms with E-state index in [1.54, 1.807) is 14.5 Å². The summed E-state index contributed by atoms with van der Waals surface area (Å²) in [5, 5.41) is 7.44. The molecule has 170 valence electrons. The van der Waals surface area contributed by atoms with Gasteiger partial charge in [0.15, 0.2) is 5.69 Å². The molecular weight excluding hydrogens is 410 g/mol. The molecule has 0 unspecified atom stereocenters. The van der Waals surface area contributed by atoms with Crippen LogP contribution in [0.2, 0.25) is 0 Å². The van der Waals surface area contributed by atoms with Crippen molar-refractivity contribution in [1.29, 1.82) is 0 Å². The van der Waals surface area contributed by atoms with Crippen LogP contribution in [0, 0.1) is 5.92 Å². The van der Waals surface area contributed by atoms with Gasteiger partial charge in [0.2, 0.25) is 11.8 Å². The smallest absolute Gasteiger partial charge is 0.274 e. The number of anilines is 1. The molecule has 1 atom stereocenters. The maximum atomic E-state index is 13.4. The van der Waals surface area contributed by atoms with Crippen LogP contribution in [-0.4, -0.2) is 70.7 Å². The van der Waals surface area contributed by atoms with Crippen LogP contribution in [0.1, 0.15) is 34.6 Å². The fourth-order valence-corrected chi connectivity index (χ4v) is 4.48. The molecule has 1 saturated heterocycles. The summed E-state index contributed by atoms with van der Waals surface area (Å²) in [5.74, 6) is -0.628. The molecule has 1 aromatic heterocycles. The number of hydrogen-bond donors (Lipinski definition) is 1. The first-order valence-corrected chi connectivity index (χ1v) is 10.9. The third-order valence-electron chi connectivity index (χ3n) is 6.19. The molecule has 3 heterocycles. The van der Waals surface area contributed by atoms with E-state index in [2.05, 4.69) is 10.4 Å². The number of carbonyl (C=O) groups excluding carboxylic acids is 3. The van der Waals surface area contributed by atoms with E-state index in [-0.39, 0.29) is 30.2 Å². The summed E-state index contributed by atoms with van der Waals surface area (Å²) < 4.78 is 6.71. The second-order valence-corrected chi connectivity index (χ2v) is 8.34. The molecule has 2 aliphatic rings. The van der Waals surface area contributed by atoms with Crippen LogP contribution >= 0.6 is 0 Å². The van der Waals surface area contributed by atoms with E-state index < -0.39 is 0 Å². The molecular formula is C23H29N5O4. The van der Waals surface area contributed by atoms with Crippen molar-refractivity contribution in [3.05, 3.63) is 47.3 Å². The quantitative estimate of drug-likeness (QED) is 0.761. The number of nitrogens with zero attached hydrogens (tertiary/aromatic N) is 4. The first-order chi connectivity index (χ1) is 15.5. The third kappa shape index (κ3) is 4.52. The van der Waals surface area contributed by atoms with Gasteiger partial charge in [0.25, 0.3) is 5.91 Å². The summed E-state index contributed by atoms with van der Waals surface area (Å²) in [7, 11) is 3.32. The summed E-state index contributed by atoms with van der Waals surface area (Å²) in [6.45, 7) is 1.88. The number of amides is 3. The van der Waals surface area contributed by atoms with Gasteiger partial charge in [-0.1, -0.05) is 18.2 Å². The number of likely N-dealkylation sites (tertiary alicyclic amines) is 1. The van der Waals surface area contributed by atoms with Crippen molar-refractivity contribution in [2.24, 2.45) is 13.0 Å². The molecule has 9 nitrogen and oxygen atoms in total. The average Bonchev–Trinajstić information content (AvgIpc) is 3.15. The highest BCUT2D eigenvalue weighted by Gasteiger charge is 2.34. The van der Waals surface area contributed by atoms with E-state index >= 15 is 0 Å². The van der Waals surface area contributed by atoms with Gasteiger partial charge in [0.1, 0.15) is 6.61 Å². The van der Waals surface area contributed by atoms with Gasteiger partial charge in [0.05, 0.1) is 5.92 Å². The first-order valence-electron chi connectivity index (χ1n) is 10.9. The minimum atomic E-state index is -0.271. The van der Waals surface area contributed by atoms with Gasteiger partial charge in [-0.3, -0.25) is 19.1 Å². The zero-order valence-corrected chi connectivity index (χ0v) is 18.5. The zero-order chi connectivity index (χ0) is 22.7. The highest BCUT2D eigenvalue weighted by molar-refractivity contribution is 5.96. The number of carbonyl (C=O) groups is 3. The molecule has 9 heteroatoms. The van der Waals surface area contributed by atoms with Crippen molar-refractivity contribution < 1.29 is 19.1 Å². The van der Waals surface area contributed by atoms with E-state index in [9.17, 15) is 14.4 Å². The molecule has 3 amide bonds. The van der Waals surface area contributed by atoms with Crippen molar-refractivity contribution in [1.82, 2.24) is 19.6 Å². The molecule has 0 bridgehead atoms. The molecule has 1 fully saturated rings. The van der Waals surface area contributed by atoms with E-state index in [0.29, 0.717) is 38.3 Å². The van der Waals surface area contributed by atoms with Gasteiger partial charge in [-0.25, -0.2) is 0 Å². The molecule has 2 aromatic rings. The van der Waals surface area contributed by atoms with Crippen molar-refractivity contribution >= 4 is 23.4 Å². The lowest BCUT2D eigenvalue weighted by molar-refractivity contribution is -0.136. The summed E-state index contributed by atoms with van der Waals surface area (Å²) in [4.78, 5) is 41.9. The van der Waals surface area contributed by atoms with Gasteiger partial charge in [0, 0.05) is 63.7 Å². The molecule has 0 radical (unpaired) electrons. The summed E-state index contributed by atoms with van der Waals surface area (Å²) in [6, 6.07) is 9.34. The summed E-state index contributed by atoms with van der Waals surface area (Å²) >= 11 is 0. The SMILES string of the molecule is COCC(=O)N1CCc2c(c(C(=O)N3CCC[C@@H](C(=O)Nc4ccccc4)C3)nn2C)C1. The summed E-state index contributed by atoms with van der Waals surface area (Å²) in [6.07, 6.45) is 2.14. The van der Waals surface area contributed by atoms with Gasteiger partial charge in [-0.2, -0.15) is 5.10 Å². The third-order valence-corrected chi connectivity index (χ3v) is 6.19. The normalized spacial score (nSPS) is 18.2. The van der Waals surface area contributed by atoms with Crippen LogP contribution < -0.4 is 5.32 Å². The maximum absolute atomic E-state index is 13.4. The standard InChI is InChI=1S/C23H29N5O4/c1-26-19-10-12-27(20(29)15-32-2)14-18(19)21(25-26)23(31)28-11-6-7-16(13-28)22(30)24-17-8-4-3-5-9-17/h3-5,8-9,16H,6-7,10-15H2,1-2H3,(H,24,30)/t16-/m1/s1. The minimum Gasteiger partial charge on any atom is -0.375 e. The predicted octanol–water partition coefficient (Wildman–Crippen LogP) is 1.44. The Hall–Kier alpha value is -3.20. The second-order valence-electron chi connectivity index (χ2n) is 8.34. The number of benzene rings is 1. The van der Waals surface area contributed by atoms with Crippen LogP contribution in [0.5, 0.6) is 0 Å². The van der Waals surface area contributed by atoms with Crippen LogP contribution in [0.15, 0.2) is 30.3 Å². The van der Waals surface area contributed by atoms with Crippen molar-refractivity contribution in [3.63, 3.8) is 0 Å². The topological polar surface area (TPSA) is 96.8 Å². The number of fused-ring (bicyclic) bond motifs is 1. The lowest BCUT2D eigenvalue weighted by atomic mass is 9.96. The molecule has 4 rings (SSSR count). The maximum Gasteiger partial charge on any atom is 0.274 e. The Balaban J connectivity index is 1.47. The Kier molecular flexibility index (Phi) is 6.55. The number of rotatable bonds is 5. The van der Waals surface area contributed by atoms with E-state index in [1.807, 2.05) is 37.4 Å². The van der Waals surface area contributed by atoms with Crippen LogP contribution in [-0.2, 0) is 34.3 Å². The number of methoxy groups -OCH3 is 1. The number of hydrogen-bond acceptors (Lipinski definition) is 5. The van der Waals surface area contributed by atoms with Gasteiger partial charge < -0.3 is 19.9 Å². The average molecular weight is 440 g/mol. The van der Waals surface area contributed by atoms with E-state index in [0.717, 1.165) is 29.8 Å². The molecule has 0 aliphatic carbocycles. The monoisotopic (exact) mass is 439 g/mol. The van der Waals surface area contributed by atoms with Crippen molar-refractivity contribution in [2.45, 2.75) is 25.8 Å². The Morgan fingerprint density at radius 1 is 1.16 bits per heavy atom. The zero-order valence-electron chi connectivity index (χ0n) is 18.5. The molecule has 32 heavy (non-hydrogen) atoms. The summed E-state index contributed by atoms with van der Waals surface area (Å²) in [5.41, 5.74) is 2.90. The highest BCUT2D eigenvalue weighted by Crippen LogP contribution is 2.26. The first kappa shape index (κ1) is 22.0. The predicted molar refractivity (Wildman–Crippen MR) is 118 cm³/mol. The molecule has 2 aliphatic heterocycles.